The third-order valence-electron chi connectivity index (χ3n) is 3.25. The van der Waals surface area contributed by atoms with E-state index in [9.17, 15) is 14.0 Å². The van der Waals surface area contributed by atoms with Crippen LogP contribution in [-0.4, -0.2) is 16.5 Å². The number of thiocarbonyl (C=S) groups is 1. The number of thioether (sulfide) groups is 1. The van der Waals surface area contributed by atoms with E-state index < -0.39 is 0 Å². The Morgan fingerprint density at radius 3 is 2.22 bits per heavy atom. The minimum absolute atomic E-state index is 0.244. The Morgan fingerprint density at radius 1 is 1.00 bits per heavy atom. The van der Waals surface area contributed by atoms with E-state index in [-0.39, 0.29) is 11.7 Å². The summed E-state index contributed by atoms with van der Waals surface area (Å²) in [5.41, 5.74) is 1.91. The Balaban J connectivity index is 1.89. The van der Waals surface area contributed by atoms with Crippen molar-refractivity contribution in [3.05, 3.63) is 70.4 Å². The van der Waals surface area contributed by atoms with Crippen LogP contribution in [0.15, 0.2) is 53.4 Å². The van der Waals surface area contributed by atoms with Gasteiger partial charge in [-0.25, -0.2) is 4.39 Å². The lowest BCUT2D eigenvalue weighted by atomic mass is 10.1. The molecule has 0 atom stereocenters. The molecular weight excluding hydrogens is 333 g/mol. The molecule has 0 aromatic heterocycles. The molecule has 1 fully saturated rings. The van der Waals surface area contributed by atoms with Crippen molar-refractivity contribution in [2.24, 2.45) is 0 Å². The summed E-state index contributed by atoms with van der Waals surface area (Å²) in [4.78, 5) is 25.0. The minimum Gasteiger partial charge on any atom is -0.298 e. The van der Waals surface area contributed by atoms with Crippen LogP contribution in [-0.2, 0) is 4.79 Å². The third-order valence-corrected chi connectivity index (χ3v) is 4.55. The van der Waals surface area contributed by atoms with Gasteiger partial charge in [0.25, 0.3) is 5.91 Å². The molecule has 0 N–H and O–H groups in total. The van der Waals surface area contributed by atoms with Gasteiger partial charge in [-0.3, -0.25) is 14.5 Å². The molecule has 114 valence electrons. The smallest absolute Gasteiger partial charge is 0.270 e. The zero-order valence-corrected chi connectivity index (χ0v) is 13.4. The van der Waals surface area contributed by atoms with Crippen molar-refractivity contribution >= 4 is 52.3 Å². The SMILES string of the molecule is O=Cc1ccc(/C=C2\SC(=S)N(c3ccc(F)cc3)C2=O)cc1. The summed E-state index contributed by atoms with van der Waals surface area (Å²) < 4.78 is 13.4. The maximum absolute atomic E-state index is 13.0. The number of nitrogens with zero attached hydrogens (tertiary/aromatic N) is 1. The van der Waals surface area contributed by atoms with Gasteiger partial charge in [-0.2, -0.15) is 0 Å². The highest BCUT2D eigenvalue weighted by molar-refractivity contribution is 8.27. The lowest BCUT2D eigenvalue weighted by molar-refractivity contribution is -0.113. The van der Waals surface area contributed by atoms with Gasteiger partial charge in [0.2, 0.25) is 0 Å². The van der Waals surface area contributed by atoms with Gasteiger partial charge in [-0.1, -0.05) is 48.2 Å². The zero-order valence-electron chi connectivity index (χ0n) is 11.7. The number of hydrogen-bond acceptors (Lipinski definition) is 4. The number of benzene rings is 2. The lowest BCUT2D eigenvalue weighted by Gasteiger charge is -2.14. The maximum atomic E-state index is 13.0. The van der Waals surface area contributed by atoms with Gasteiger partial charge in [-0.15, -0.1) is 0 Å². The molecule has 2 aromatic rings. The fraction of sp³-hybridized carbons (Fsp3) is 0. The van der Waals surface area contributed by atoms with Gasteiger partial charge >= 0.3 is 0 Å². The molecule has 0 spiro atoms. The van der Waals surface area contributed by atoms with E-state index in [0.29, 0.717) is 20.5 Å². The predicted octanol–water partition coefficient (Wildman–Crippen LogP) is 4.04. The summed E-state index contributed by atoms with van der Waals surface area (Å²) in [5.74, 6) is -0.615. The highest BCUT2D eigenvalue weighted by Gasteiger charge is 2.33. The van der Waals surface area contributed by atoms with Crippen LogP contribution in [0.1, 0.15) is 15.9 Å². The van der Waals surface area contributed by atoms with Crippen molar-refractivity contribution in [3.8, 4) is 0 Å². The molecule has 6 heteroatoms. The zero-order chi connectivity index (χ0) is 16.4. The quantitative estimate of drug-likeness (QED) is 0.479. The average molecular weight is 343 g/mol. The average Bonchev–Trinajstić information content (AvgIpc) is 2.83. The first-order valence-electron chi connectivity index (χ1n) is 6.67. The summed E-state index contributed by atoms with van der Waals surface area (Å²) in [6.07, 6.45) is 2.48. The van der Waals surface area contributed by atoms with Gasteiger partial charge < -0.3 is 0 Å². The molecule has 1 saturated heterocycles. The van der Waals surface area contributed by atoms with E-state index in [1.165, 1.54) is 40.9 Å². The van der Waals surface area contributed by atoms with Crippen LogP contribution in [0.3, 0.4) is 0 Å². The largest absolute Gasteiger partial charge is 0.298 e. The van der Waals surface area contributed by atoms with E-state index in [1.54, 1.807) is 30.3 Å². The summed E-state index contributed by atoms with van der Waals surface area (Å²) >= 11 is 6.44. The van der Waals surface area contributed by atoms with Gasteiger partial charge in [-0.05, 0) is 35.9 Å². The summed E-state index contributed by atoms with van der Waals surface area (Å²) in [6, 6.07) is 12.5. The highest BCUT2D eigenvalue weighted by Crippen LogP contribution is 2.35. The number of aldehydes is 1. The molecule has 0 unspecified atom stereocenters. The van der Waals surface area contributed by atoms with Crippen LogP contribution in [0.4, 0.5) is 10.1 Å². The number of rotatable bonds is 3. The van der Waals surface area contributed by atoms with Crippen LogP contribution in [0.2, 0.25) is 0 Å². The first-order chi connectivity index (χ1) is 11.1. The van der Waals surface area contributed by atoms with Gasteiger partial charge in [0, 0.05) is 5.56 Å². The standard InChI is InChI=1S/C17H10FNO2S2/c18-13-5-7-14(8-6-13)19-16(21)15(23-17(19)22)9-11-1-3-12(10-20)4-2-11/h1-10H/b15-9-. The van der Waals surface area contributed by atoms with E-state index in [2.05, 4.69) is 0 Å². The Bertz CT molecular complexity index is 813. The second kappa shape index (κ2) is 6.44. The molecule has 3 nitrogen and oxygen atoms in total. The second-order valence-electron chi connectivity index (χ2n) is 4.78. The fourth-order valence-corrected chi connectivity index (χ4v) is 3.40. The minimum atomic E-state index is -0.370. The summed E-state index contributed by atoms with van der Waals surface area (Å²) in [7, 11) is 0. The van der Waals surface area contributed by atoms with Gasteiger partial charge in [0.1, 0.15) is 12.1 Å². The van der Waals surface area contributed by atoms with Crippen molar-refractivity contribution in [1.29, 1.82) is 0 Å². The molecule has 1 aliphatic heterocycles. The van der Waals surface area contributed by atoms with E-state index in [1.807, 2.05) is 0 Å². The number of carbonyl (C=O) groups is 2. The van der Waals surface area contributed by atoms with Crippen LogP contribution in [0.25, 0.3) is 6.08 Å². The fourth-order valence-electron chi connectivity index (χ4n) is 2.10. The van der Waals surface area contributed by atoms with Crippen LogP contribution < -0.4 is 4.90 Å². The molecule has 1 heterocycles. The molecule has 1 aliphatic rings. The van der Waals surface area contributed by atoms with E-state index in [4.69, 9.17) is 12.2 Å². The Kier molecular flexibility index (Phi) is 4.36. The predicted molar refractivity (Wildman–Crippen MR) is 93.9 cm³/mol. The maximum Gasteiger partial charge on any atom is 0.270 e. The van der Waals surface area contributed by atoms with Crippen molar-refractivity contribution in [1.82, 2.24) is 0 Å². The molecule has 1 amide bonds. The Hall–Kier alpha value is -2.31. The topological polar surface area (TPSA) is 37.4 Å². The molecule has 23 heavy (non-hydrogen) atoms. The van der Waals surface area contributed by atoms with Crippen LogP contribution in [0.5, 0.6) is 0 Å². The van der Waals surface area contributed by atoms with Crippen molar-refractivity contribution < 1.29 is 14.0 Å². The Labute approximate surface area is 141 Å². The first-order valence-corrected chi connectivity index (χ1v) is 7.90. The summed E-state index contributed by atoms with van der Waals surface area (Å²) in [6.45, 7) is 0. The Morgan fingerprint density at radius 2 is 1.61 bits per heavy atom. The number of anilines is 1. The molecule has 0 saturated carbocycles. The normalized spacial score (nSPS) is 16.2. The summed E-state index contributed by atoms with van der Waals surface area (Å²) in [5, 5.41) is 0. The number of hydrogen-bond donors (Lipinski definition) is 0. The third kappa shape index (κ3) is 3.23. The number of amides is 1. The van der Waals surface area contributed by atoms with Gasteiger partial charge in [0.05, 0.1) is 10.6 Å². The number of halogens is 1. The molecule has 0 aliphatic carbocycles. The van der Waals surface area contributed by atoms with Crippen LogP contribution in [0, 0.1) is 5.82 Å². The highest BCUT2D eigenvalue weighted by atomic mass is 32.2. The molecule has 0 radical (unpaired) electrons. The van der Waals surface area contributed by atoms with Crippen LogP contribution >= 0.6 is 24.0 Å². The monoisotopic (exact) mass is 343 g/mol. The van der Waals surface area contributed by atoms with E-state index in [0.717, 1.165) is 11.8 Å². The second-order valence-corrected chi connectivity index (χ2v) is 6.45. The van der Waals surface area contributed by atoms with E-state index >= 15 is 0 Å². The molecule has 2 aromatic carbocycles. The lowest BCUT2D eigenvalue weighted by Crippen LogP contribution is -2.27. The number of carbonyl (C=O) groups excluding carboxylic acids is 2. The van der Waals surface area contributed by atoms with Crippen molar-refractivity contribution in [3.63, 3.8) is 0 Å². The molecule has 3 rings (SSSR count). The molecular formula is C17H10FNO2S2. The molecule has 0 bridgehead atoms. The van der Waals surface area contributed by atoms with Gasteiger partial charge in [0.15, 0.2) is 4.32 Å². The van der Waals surface area contributed by atoms with Crippen molar-refractivity contribution in [2.45, 2.75) is 0 Å². The first kappa shape index (κ1) is 15.6. The van der Waals surface area contributed by atoms with Crippen molar-refractivity contribution in [2.75, 3.05) is 4.90 Å².